The number of hydroxylamine groups is 1. The van der Waals surface area contributed by atoms with Crippen LogP contribution in [0.1, 0.15) is 26.4 Å². The van der Waals surface area contributed by atoms with Gasteiger partial charge in [-0.25, -0.2) is 10.5 Å². The van der Waals surface area contributed by atoms with Gasteiger partial charge in [0.05, 0.1) is 25.5 Å². The van der Waals surface area contributed by atoms with Gasteiger partial charge in [0.25, 0.3) is 11.8 Å². The van der Waals surface area contributed by atoms with E-state index in [1.54, 1.807) is 41.1 Å². The standard InChI is InChI=1S/C25H28N4O5S/c30-23(26-10-14-34-22-7-5-19(6-8-22)24(31)28-32)18-1-3-20(4-2-18)25-27-21(17-35-25)9-11-29-12-15-33-16-13-29/h1-8,17,32H,9-16H2,(H,26,30)(H,28,31). The molecule has 0 unspecified atom stereocenters. The minimum Gasteiger partial charge on any atom is -0.492 e. The number of carbonyl (C=O) groups excluding carboxylic acids is 2. The molecule has 0 aliphatic carbocycles. The molecule has 3 aromatic rings. The van der Waals surface area contributed by atoms with Crippen LogP contribution in [0.5, 0.6) is 5.75 Å². The second kappa shape index (κ2) is 12.4. The van der Waals surface area contributed by atoms with Gasteiger partial charge in [-0.1, -0.05) is 12.1 Å². The van der Waals surface area contributed by atoms with Crippen LogP contribution in [0, 0.1) is 0 Å². The highest BCUT2D eigenvalue weighted by Gasteiger charge is 2.12. The topological polar surface area (TPSA) is 113 Å². The van der Waals surface area contributed by atoms with E-state index in [4.69, 9.17) is 19.7 Å². The molecule has 1 saturated heterocycles. The summed E-state index contributed by atoms with van der Waals surface area (Å²) < 4.78 is 11.0. The summed E-state index contributed by atoms with van der Waals surface area (Å²) >= 11 is 1.62. The monoisotopic (exact) mass is 496 g/mol. The van der Waals surface area contributed by atoms with E-state index in [-0.39, 0.29) is 12.5 Å². The van der Waals surface area contributed by atoms with E-state index in [2.05, 4.69) is 15.6 Å². The van der Waals surface area contributed by atoms with E-state index >= 15 is 0 Å². The van der Waals surface area contributed by atoms with E-state index in [0.717, 1.165) is 55.5 Å². The first kappa shape index (κ1) is 24.8. The van der Waals surface area contributed by atoms with Gasteiger partial charge in [-0.05, 0) is 36.4 Å². The molecule has 35 heavy (non-hydrogen) atoms. The number of thiazole rings is 1. The molecular weight excluding hydrogens is 468 g/mol. The van der Waals surface area contributed by atoms with Crippen LogP contribution >= 0.6 is 11.3 Å². The zero-order valence-corrected chi connectivity index (χ0v) is 20.1. The molecule has 0 radical (unpaired) electrons. The summed E-state index contributed by atoms with van der Waals surface area (Å²) in [6.45, 7) is 5.16. The van der Waals surface area contributed by atoms with Gasteiger partial charge < -0.3 is 14.8 Å². The number of benzene rings is 2. The number of aromatic nitrogens is 1. The third-order valence-electron chi connectivity index (χ3n) is 5.61. The smallest absolute Gasteiger partial charge is 0.274 e. The molecule has 1 aliphatic heterocycles. The second-order valence-corrected chi connectivity index (χ2v) is 8.85. The molecule has 1 fully saturated rings. The summed E-state index contributed by atoms with van der Waals surface area (Å²) in [5, 5.41) is 14.5. The zero-order valence-electron chi connectivity index (χ0n) is 19.2. The first-order valence-electron chi connectivity index (χ1n) is 11.4. The molecular formula is C25H28N4O5S. The summed E-state index contributed by atoms with van der Waals surface area (Å²) in [4.78, 5) is 30.9. The lowest BCUT2D eigenvalue weighted by Crippen LogP contribution is -2.37. The highest BCUT2D eigenvalue weighted by Crippen LogP contribution is 2.24. The Morgan fingerprint density at radius 3 is 2.43 bits per heavy atom. The number of carbonyl (C=O) groups is 2. The summed E-state index contributed by atoms with van der Waals surface area (Å²) in [5.41, 5.74) is 4.54. The third kappa shape index (κ3) is 7.09. The summed E-state index contributed by atoms with van der Waals surface area (Å²) in [5.74, 6) is -0.208. The second-order valence-electron chi connectivity index (χ2n) is 8.00. The van der Waals surface area contributed by atoms with E-state index in [1.807, 2.05) is 12.1 Å². The number of morpholine rings is 1. The molecule has 2 amide bonds. The number of hydrogen-bond donors (Lipinski definition) is 3. The van der Waals surface area contributed by atoms with Crippen LogP contribution < -0.4 is 15.5 Å². The van der Waals surface area contributed by atoms with Gasteiger partial charge in [-0.3, -0.25) is 19.7 Å². The van der Waals surface area contributed by atoms with Gasteiger partial charge >= 0.3 is 0 Å². The molecule has 9 nitrogen and oxygen atoms in total. The minimum absolute atomic E-state index is 0.180. The van der Waals surface area contributed by atoms with Gasteiger partial charge in [0, 0.05) is 48.1 Å². The summed E-state index contributed by atoms with van der Waals surface area (Å²) in [7, 11) is 0. The Morgan fingerprint density at radius 2 is 1.71 bits per heavy atom. The predicted molar refractivity (Wildman–Crippen MR) is 132 cm³/mol. The van der Waals surface area contributed by atoms with Gasteiger partial charge in [0.1, 0.15) is 17.4 Å². The van der Waals surface area contributed by atoms with Crippen molar-refractivity contribution in [2.75, 3.05) is 46.0 Å². The Labute approximate surface area is 207 Å². The van der Waals surface area contributed by atoms with Crippen molar-refractivity contribution in [2.45, 2.75) is 6.42 Å². The molecule has 0 spiro atoms. The molecule has 0 bridgehead atoms. The molecule has 2 aromatic carbocycles. The largest absolute Gasteiger partial charge is 0.492 e. The number of nitrogens with one attached hydrogen (secondary N) is 2. The van der Waals surface area contributed by atoms with Crippen LogP contribution in [0.4, 0.5) is 0 Å². The van der Waals surface area contributed by atoms with E-state index < -0.39 is 5.91 Å². The quantitative estimate of drug-likeness (QED) is 0.225. The summed E-state index contributed by atoms with van der Waals surface area (Å²) in [6, 6.07) is 13.7. The Balaban J connectivity index is 1.21. The van der Waals surface area contributed by atoms with E-state index in [0.29, 0.717) is 23.4 Å². The average molecular weight is 497 g/mol. The Kier molecular flexibility index (Phi) is 8.79. The van der Waals surface area contributed by atoms with Crippen LogP contribution in [0.15, 0.2) is 53.9 Å². The number of rotatable bonds is 10. The first-order valence-corrected chi connectivity index (χ1v) is 12.3. The van der Waals surface area contributed by atoms with Crippen LogP contribution in [-0.2, 0) is 11.2 Å². The van der Waals surface area contributed by atoms with Gasteiger partial charge in [0.2, 0.25) is 0 Å². The van der Waals surface area contributed by atoms with Crippen molar-refractivity contribution in [2.24, 2.45) is 0 Å². The van der Waals surface area contributed by atoms with Crippen molar-refractivity contribution in [1.82, 2.24) is 20.7 Å². The number of hydrogen-bond acceptors (Lipinski definition) is 8. The van der Waals surface area contributed by atoms with E-state index in [1.165, 1.54) is 12.1 Å². The maximum atomic E-state index is 12.4. The molecule has 10 heteroatoms. The lowest BCUT2D eigenvalue weighted by molar-refractivity contribution is 0.0383. The van der Waals surface area contributed by atoms with Crippen LogP contribution in [-0.4, -0.2) is 72.9 Å². The maximum absolute atomic E-state index is 12.4. The molecule has 4 rings (SSSR count). The summed E-state index contributed by atoms with van der Waals surface area (Å²) in [6.07, 6.45) is 0.918. The molecule has 184 valence electrons. The molecule has 2 heterocycles. The lowest BCUT2D eigenvalue weighted by atomic mass is 10.1. The number of amides is 2. The highest BCUT2D eigenvalue weighted by molar-refractivity contribution is 7.13. The molecule has 0 saturated carbocycles. The first-order chi connectivity index (χ1) is 17.1. The van der Waals surface area contributed by atoms with Crippen molar-refractivity contribution in [3.8, 4) is 16.3 Å². The fraction of sp³-hybridized carbons (Fsp3) is 0.320. The average Bonchev–Trinajstić information content (AvgIpc) is 3.39. The van der Waals surface area contributed by atoms with E-state index in [9.17, 15) is 9.59 Å². The van der Waals surface area contributed by atoms with Crippen LogP contribution in [0.25, 0.3) is 10.6 Å². The van der Waals surface area contributed by atoms with Crippen molar-refractivity contribution in [3.05, 3.63) is 70.7 Å². The highest BCUT2D eigenvalue weighted by atomic mass is 32.1. The molecule has 1 aliphatic rings. The van der Waals surface area contributed by atoms with Crippen molar-refractivity contribution in [1.29, 1.82) is 0 Å². The Morgan fingerprint density at radius 1 is 1.03 bits per heavy atom. The number of ether oxygens (including phenoxy) is 2. The fourth-order valence-corrected chi connectivity index (χ4v) is 4.48. The van der Waals surface area contributed by atoms with Crippen molar-refractivity contribution in [3.63, 3.8) is 0 Å². The van der Waals surface area contributed by atoms with Gasteiger partial charge in [0.15, 0.2) is 0 Å². The lowest BCUT2D eigenvalue weighted by Gasteiger charge is -2.26. The Bertz CT molecular complexity index is 1110. The van der Waals surface area contributed by atoms with Crippen LogP contribution in [0.3, 0.4) is 0 Å². The SMILES string of the molecule is O=C(NO)c1ccc(OCCNC(=O)c2ccc(-c3nc(CCN4CCOCC4)cs3)cc2)cc1. The van der Waals surface area contributed by atoms with Crippen LogP contribution in [0.2, 0.25) is 0 Å². The minimum atomic E-state index is -0.589. The third-order valence-corrected chi connectivity index (χ3v) is 6.55. The zero-order chi connectivity index (χ0) is 24.5. The van der Waals surface area contributed by atoms with Crippen molar-refractivity contribution < 1.29 is 24.3 Å². The van der Waals surface area contributed by atoms with Gasteiger partial charge in [-0.2, -0.15) is 0 Å². The maximum Gasteiger partial charge on any atom is 0.274 e. The molecule has 0 atom stereocenters. The fourth-order valence-electron chi connectivity index (χ4n) is 3.62. The normalized spacial score (nSPS) is 13.9. The number of nitrogens with zero attached hydrogens (tertiary/aromatic N) is 2. The predicted octanol–water partition coefficient (Wildman–Crippen LogP) is 2.61. The van der Waals surface area contributed by atoms with Gasteiger partial charge in [-0.15, -0.1) is 11.3 Å². The molecule has 1 aromatic heterocycles. The van der Waals surface area contributed by atoms with Crippen molar-refractivity contribution >= 4 is 23.2 Å². The Hall–Kier alpha value is -3.31. The molecule has 3 N–H and O–H groups in total.